The van der Waals surface area contributed by atoms with Crippen molar-refractivity contribution < 1.29 is 14.3 Å². The molecule has 0 N–H and O–H groups in total. The molecule has 0 saturated heterocycles. The number of thiazole rings is 1. The molecule has 1 aromatic heterocycles. The van der Waals surface area contributed by atoms with Crippen LogP contribution in [0.5, 0.6) is 11.5 Å². The van der Waals surface area contributed by atoms with Crippen molar-refractivity contribution in [1.82, 2.24) is 4.98 Å². The van der Waals surface area contributed by atoms with Crippen LogP contribution in [-0.4, -0.2) is 23.3 Å². The van der Waals surface area contributed by atoms with Crippen LogP contribution in [0.25, 0.3) is 11.3 Å². The normalized spacial score (nSPS) is 12.3. The van der Waals surface area contributed by atoms with Crippen LogP contribution in [0, 0.1) is 0 Å². The number of fused-ring (bicyclic) bond motifs is 1. The molecule has 0 fully saturated rings. The topological polar surface area (TPSA) is 48.4 Å². The SMILES string of the molecule is O=C(CSc1nc(-c2ccccc2)cs1)c1ccc2c(c1)OCO2. The van der Waals surface area contributed by atoms with Crippen molar-refractivity contribution in [3.8, 4) is 22.8 Å². The second-order valence-electron chi connectivity index (χ2n) is 5.14. The van der Waals surface area contributed by atoms with E-state index in [2.05, 4.69) is 4.98 Å². The molecule has 0 spiro atoms. The average molecular weight is 355 g/mol. The summed E-state index contributed by atoms with van der Waals surface area (Å²) in [6, 6.07) is 15.3. The fraction of sp³-hybridized carbons (Fsp3) is 0.111. The molecule has 4 nitrogen and oxygen atoms in total. The minimum absolute atomic E-state index is 0.0507. The number of rotatable bonds is 5. The summed E-state index contributed by atoms with van der Waals surface area (Å²) in [5.74, 6) is 1.72. The Balaban J connectivity index is 1.42. The first-order valence-corrected chi connectivity index (χ1v) is 9.23. The maximum atomic E-state index is 12.4. The molecule has 0 amide bonds. The zero-order chi connectivity index (χ0) is 16.4. The lowest BCUT2D eigenvalue weighted by Gasteiger charge is -2.01. The number of Topliss-reactive ketones (excluding diaryl/α,β-unsaturated/α-hetero) is 1. The monoisotopic (exact) mass is 355 g/mol. The fourth-order valence-electron chi connectivity index (χ4n) is 2.35. The third-order valence-electron chi connectivity index (χ3n) is 3.57. The van der Waals surface area contributed by atoms with Crippen molar-refractivity contribution in [2.24, 2.45) is 0 Å². The van der Waals surface area contributed by atoms with E-state index in [0.717, 1.165) is 15.6 Å². The van der Waals surface area contributed by atoms with Crippen LogP contribution in [0.4, 0.5) is 0 Å². The van der Waals surface area contributed by atoms with Crippen molar-refractivity contribution in [1.29, 1.82) is 0 Å². The molecule has 0 unspecified atom stereocenters. The van der Waals surface area contributed by atoms with Gasteiger partial charge in [0.15, 0.2) is 21.6 Å². The van der Waals surface area contributed by atoms with Crippen molar-refractivity contribution >= 4 is 28.9 Å². The van der Waals surface area contributed by atoms with Crippen molar-refractivity contribution in [2.75, 3.05) is 12.5 Å². The Morgan fingerprint density at radius 2 is 1.96 bits per heavy atom. The van der Waals surface area contributed by atoms with Gasteiger partial charge in [-0.1, -0.05) is 42.1 Å². The second kappa shape index (κ2) is 6.67. The van der Waals surface area contributed by atoms with Crippen molar-refractivity contribution in [3.05, 3.63) is 59.5 Å². The van der Waals surface area contributed by atoms with Crippen LogP contribution in [0.2, 0.25) is 0 Å². The number of carbonyl (C=O) groups is 1. The quantitative estimate of drug-likeness (QED) is 0.498. The van der Waals surface area contributed by atoms with Gasteiger partial charge in [0.05, 0.1) is 11.4 Å². The van der Waals surface area contributed by atoms with Gasteiger partial charge in [0, 0.05) is 16.5 Å². The molecule has 0 saturated carbocycles. The second-order valence-corrected chi connectivity index (χ2v) is 7.23. The minimum atomic E-state index is 0.0507. The third kappa shape index (κ3) is 3.16. The van der Waals surface area contributed by atoms with Gasteiger partial charge in [-0.05, 0) is 18.2 Å². The van der Waals surface area contributed by atoms with E-state index in [1.165, 1.54) is 11.8 Å². The molecule has 3 aromatic rings. The molecule has 0 atom stereocenters. The van der Waals surface area contributed by atoms with Gasteiger partial charge in [0.1, 0.15) is 0 Å². The van der Waals surface area contributed by atoms with E-state index in [9.17, 15) is 4.79 Å². The summed E-state index contributed by atoms with van der Waals surface area (Å²) in [7, 11) is 0. The molecule has 120 valence electrons. The first-order valence-electron chi connectivity index (χ1n) is 7.36. The zero-order valence-electron chi connectivity index (χ0n) is 12.6. The number of ether oxygens (including phenoxy) is 2. The number of hydrogen-bond acceptors (Lipinski definition) is 6. The molecule has 1 aliphatic rings. The number of thioether (sulfide) groups is 1. The summed E-state index contributed by atoms with van der Waals surface area (Å²) in [5.41, 5.74) is 2.66. The predicted molar refractivity (Wildman–Crippen MR) is 95.2 cm³/mol. The minimum Gasteiger partial charge on any atom is -0.454 e. The third-order valence-corrected chi connectivity index (χ3v) is 5.59. The van der Waals surface area contributed by atoms with Gasteiger partial charge in [-0.25, -0.2) is 4.98 Å². The fourth-order valence-corrected chi connectivity index (χ4v) is 4.08. The van der Waals surface area contributed by atoms with E-state index in [0.29, 0.717) is 22.8 Å². The Labute approximate surface area is 147 Å². The number of aromatic nitrogens is 1. The smallest absolute Gasteiger partial charge is 0.231 e. The molecule has 6 heteroatoms. The zero-order valence-corrected chi connectivity index (χ0v) is 14.2. The highest BCUT2D eigenvalue weighted by Gasteiger charge is 2.16. The van der Waals surface area contributed by atoms with Gasteiger partial charge in [0.2, 0.25) is 6.79 Å². The number of ketones is 1. The maximum absolute atomic E-state index is 12.4. The van der Waals surface area contributed by atoms with Crippen LogP contribution in [0.1, 0.15) is 10.4 Å². The maximum Gasteiger partial charge on any atom is 0.231 e. The molecule has 2 heterocycles. The summed E-state index contributed by atoms with van der Waals surface area (Å²) >= 11 is 3.01. The van der Waals surface area contributed by atoms with Gasteiger partial charge in [-0.2, -0.15) is 0 Å². The lowest BCUT2D eigenvalue weighted by Crippen LogP contribution is -2.02. The highest BCUT2D eigenvalue weighted by molar-refractivity contribution is 8.01. The van der Waals surface area contributed by atoms with E-state index < -0.39 is 0 Å². The number of hydrogen-bond donors (Lipinski definition) is 0. The first kappa shape index (κ1) is 15.2. The molecule has 1 aliphatic heterocycles. The molecular formula is C18H13NO3S2. The Hall–Kier alpha value is -2.31. The van der Waals surface area contributed by atoms with E-state index in [1.54, 1.807) is 29.5 Å². The van der Waals surface area contributed by atoms with Gasteiger partial charge >= 0.3 is 0 Å². The van der Waals surface area contributed by atoms with Gasteiger partial charge in [-0.15, -0.1) is 11.3 Å². The summed E-state index contributed by atoms with van der Waals surface area (Å²) < 4.78 is 11.5. The van der Waals surface area contributed by atoms with Crippen LogP contribution in [0.3, 0.4) is 0 Å². The highest BCUT2D eigenvalue weighted by Crippen LogP contribution is 2.33. The van der Waals surface area contributed by atoms with Crippen molar-refractivity contribution in [3.63, 3.8) is 0 Å². The highest BCUT2D eigenvalue weighted by atomic mass is 32.2. The van der Waals surface area contributed by atoms with Crippen LogP contribution < -0.4 is 9.47 Å². The largest absolute Gasteiger partial charge is 0.454 e. The average Bonchev–Trinajstić information content (AvgIpc) is 3.29. The molecule has 24 heavy (non-hydrogen) atoms. The summed E-state index contributed by atoms with van der Waals surface area (Å²) in [4.78, 5) is 16.9. The molecule has 4 rings (SSSR count). The van der Waals surface area contributed by atoms with Crippen LogP contribution in [-0.2, 0) is 0 Å². The molecule has 0 aliphatic carbocycles. The van der Waals surface area contributed by atoms with E-state index in [1.807, 2.05) is 35.7 Å². The Kier molecular flexibility index (Phi) is 4.23. The van der Waals surface area contributed by atoms with Gasteiger partial charge in [0.25, 0.3) is 0 Å². The Morgan fingerprint density at radius 3 is 2.83 bits per heavy atom. The summed E-state index contributed by atoms with van der Waals surface area (Å²) in [6.07, 6.45) is 0. The van der Waals surface area contributed by atoms with E-state index >= 15 is 0 Å². The summed E-state index contributed by atoms with van der Waals surface area (Å²) in [5, 5.41) is 2.02. The summed E-state index contributed by atoms with van der Waals surface area (Å²) in [6.45, 7) is 0.211. The number of nitrogens with zero attached hydrogens (tertiary/aromatic N) is 1. The number of carbonyl (C=O) groups excluding carboxylic acids is 1. The Morgan fingerprint density at radius 1 is 1.12 bits per heavy atom. The Bertz CT molecular complexity index is 877. The first-order chi connectivity index (χ1) is 11.8. The van der Waals surface area contributed by atoms with Gasteiger partial charge < -0.3 is 9.47 Å². The van der Waals surface area contributed by atoms with E-state index in [4.69, 9.17) is 9.47 Å². The number of benzene rings is 2. The standard InChI is InChI=1S/C18H13NO3S2/c20-15(13-6-7-16-17(8-13)22-11-21-16)10-24-18-19-14(9-23-18)12-4-2-1-3-5-12/h1-9H,10-11H2. The molecule has 0 bridgehead atoms. The predicted octanol–water partition coefficient (Wildman–Crippen LogP) is 4.51. The lowest BCUT2D eigenvalue weighted by atomic mass is 10.1. The molecule has 0 radical (unpaired) electrons. The van der Waals surface area contributed by atoms with Crippen LogP contribution in [0.15, 0.2) is 58.3 Å². The van der Waals surface area contributed by atoms with Crippen LogP contribution >= 0.6 is 23.1 Å². The van der Waals surface area contributed by atoms with Gasteiger partial charge in [-0.3, -0.25) is 4.79 Å². The van der Waals surface area contributed by atoms with E-state index in [-0.39, 0.29) is 12.6 Å². The molecular weight excluding hydrogens is 342 g/mol. The molecule has 2 aromatic carbocycles. The van der Waals surface area contributed by atoms with Crippen molar-refractivity contribution in [2.45, 2.75) is 4.34 Å². The lowest BCUT2D eigenvalue weighted by molar-refractivity contribution is 0.102.